The van der Waals surface area contributed by atoms with Gasteiger partial charge >= 0.3 is 0 Å². The first-order chi connectivity index (χ1) is 11.7. The van der Waals surface area contributed by atoms with Gasteiger partial charge in [0, 0.05) is 49.9 Å². The minimum Gasteiger partial charge on any atom is -0.444 e. The maximum absolute atomic E-state index is 12.0. The van der Waals surface area contributed by atoms with Crippen molar-refractivity contribution in [3.63, 3.8) is 0 Å². The number of halogens is 1. The van der Waals surface area contributed by atoms with Gasteiger partial charge in [-0.3, -0.25) is 9.69 Å². The predicted octanol–water partition coefficient (Wildman–Crippen LogP) is 1.56. The van der Waals surface area contributed by atoms with Gasteiger partial charge in [0.15, 0.2) is 0 Å². The zero-order valence-corrected chi connectivity index (χ0v) is 14.2. The van der Waals surface area contributed by atoms with Crippen molar-refractivity contribution < 1.29 is 9.21 Å². The lowest BCUT2D eigenvalue weighted by molar-refractivity contribution is -0.120. The van der Waals surface area contributed by atoms with Crippen molar-refractivity contribution >= 4 is 17.5 Å². The molecule has 0 unspecified atom stereocenters. The fourth-order valence-corrected chi connectivity index (χ4v) is 2.75. The summed E-state index contributed by atoms with van der Waals surface area (Å²) in [5.74, 6) is 0.455. The molecule has 2 aromatic rings. The third-order valence-corrected chi connectivity index (χ3v) is 4.20. The molecule has 0 spiro atoms. The summed E-state index contributed by atoms with van der Waals surface area (Å²) in [6.45, 7) is 5.62. The summed E-state index contributed by atoms with van der Waals surface area (Å²) in [5, 5.41) is 6.91. The molecule has 1 aliphatic heterocycles. The van der Waals surface area contributed by atoms with Gasteiger partial charge in [-0.2, -0.15) is 0 Å². The Balaban J connectivity index is 1.45. The van der Waals surface area contributed by atoms with Crippen LogP contribution in [0.2, 0.25) is 5.02 Å². The molecule has 1 aromatic carbocycles. The fraction of sp³-hybridized carbons (Fsp3) is 0.412. The number of oxazole rings is 1. The number of carbonyl (C=O) groups is 1. The maximum Gasteiger partial charge on any atom is 0.226 e. The Morgan fingerprint density at radius 3 is 2.79 bits per heavy atom. The monoisotopic (exact) mass is 348 g/mol. The largest absolute Gasteiger partial charge is 0.444 e. The summed E-state index contributed by atoms with van der Waals surface area (Å²) in [5.41, 5.74) is 1.46. The van der Waals surface area contributed by atoms with E-state index in [4.69, 9.17) is 16.0 Å². The van der Waals surface area contributed by atoms with Crippen molar-refractivity contribution in [2.75, 3.05) is 39.3 Å². The van der Waals surface area contributed by atoms with Gasteiger partial charge in [0.05, 0.1) is 12.1 Å². The first-order valence-corrected chi connectivity index (χ1v) is 8.48. The van der Waals surface area contributed by atoms with Crippen molar-refractivity contribution in [1.29, 1.82) is 0 Å². The zero-order chi connectivity index (χ0) is 16.8. The minimum absolute atomic E-state index is 0.0407. The highest BCUT2D eigenvalue weighted by Crippen LogP contribution is 2.20. The molecule has 2 N–H and O–H groups in total. The van der Waals surface area contributed by atoms with Gasteiger partial charge in [-0.1, -0.05) is 11.6 Å². The molecule has 24 heavy (non-hydrogen) atoms. The molecule has 1 fully saturated rings. The first-order valence-electron chi connectivity index (χ1n) is 8.11. The van der Waals surface area contributed by atoms with Crippen molar-refractivity contribution in [3.8, 4) is 11.5 Å². The summed E-state index contributed by atoms with van der Waals surface area (Å²) >= 11 is 5.87. The van der Waals surface area contributed by atoms with E-state index in [-0.39, 0.29) is 12.3 Å². The van der Waals surface area contributed by atoms with Crippen LogP contribution in [0.1, 0.15) is 5.69 Å². The highest BCUT2D eigenvalue weighted by molar-refractivity contribution is 6.30. The van der Waals surface area contributed by atoms with E-state index in [2.05, 4.69) is 20.5 Å². The van der Waals surface area contributed by atoms with Gasteiger partial charge in [0.2, 0.25) is 11.8 Å². The second-order valence-electron chi connectivity index (χ2n) is 5.77. The maximum atomic E-state index is 12.0. The SMILES string of the molecule is O=C(Cc1coc(-c2ccc(Cl)cc2)n1)NCCN1CCNCC1. The van der Waals surface area contributed by atoms with Crippen LogP contribution in [0.25, 0.3) is 11.5 Å². The van der Waals surface area contributed by atoms with Gasteiger partial charge in [-0.15, -0.1) is 0 Å². The van der Waals surface area contributed by atoms with Crippen LogP contribution >= 0.6 is 11.6 Å². The van der Waals surface area contributed by atoms with Crippen molar-refractivity contribution in [2.24, 2.45) is 0 Å². The normalized spacial score (nSPS) is 15.4. The standard InChI is InChI=1S/C17H21ClN4O2/c18-14-3-1-13(2-4-14)17-21-15(12-24-17)11-16(23)20-7-10-22-8-5-19-6-9-22/h1-4,12,19H,5-11H2,(H,20,23). The Morgan fingerprint density at radius 1 is 1.29 bits per heavy atom. The number of aromatic nitrogens is 1. The van der Waals surface area contributed by atoms with Gasteiger partial charge in [-0.25, -0.2) is 4.98 Å². The number of nitrogens with one attached hydrogen (secondary N) is 2. The van der Waals surface area contributed by atoms with Crippen LogP contribution in [0.3, 0.4) is 0 Å². The number of hydrogen-bond acceptors (Lipinski definition) is 5. The number of rotatable bonds is 6. The number of amides is 1. The average Bonchev–Trinajstić information content (AvgIpc) is 3.05. The van der Waals surface area contributed by atoms with Crippen LogP contribution in [0.4, 0.5) is 0 Å². The number of benzene rings is 1. The van der Waals surface area contributed by atoms with E-state index in [1.165, 1.54) is 6.26 Å². The molecule has 128 valence electrons. The van der Waals surface area contributed by atoms with E-state index in [1.807, 2.05) is 12.1 Å². The van der Waals surface area contributed by atoms with Gasteiger partial charge in [-0.05, 0) is 24.3 Å². The number of nitrogens with zero attached hydrogens (tertiary/aromatic N) is 2. The van der Waals surface area contributed by atoms with E-state index in [0.29, 0.717) is 23.2 Å². The zero-order valence-electron chi connectivity index (χ0n) is 13.4. The summed E-state index contributed by atoms with van der Waals surface area (Å²) in [4.78, 5) is 18.7. The van der Waals surface area contributed by atoms with E-state index >= 15 is 0 Å². The third-order valence-electron chi connectivity index (χ3n) is 3.94. The molecule has 0 radical (unpaired) electrons. The Bertz CT molecular complexity index is 665. The van der Waals surface area contributed by atoms with Crippen molar-refractivity contribution in [2.45, 2.75) is 6.42 Å². The second-order valence-corrected chi connectivity index (χ2v) is 6.21. The molecule has 7 heteroatoms. The molecule has 0 atom stereocenters. The lowest BCUT2D eigenvalue weighted by Crippen LogP contribution is -2.46. The third kappa shape index (κ3) is 4.80. The molecule has 0 aliphatic carbocycles. The highest BCUT2D eigenvalue weighted by atomic mass is 35.5. The van der Waals surface area contributed by atoms with Crippen LogP contribution in [0, 0.1) is 0 Å². The van der Waals surface area contributed by atoms with Crippen molar-refractivity contribution in [1.82, 2.24) is 20.5 Å². The molecular weight excluding hydrogens is 328 g/mol. The second kappa shape index (κ2) is 8.28. The lowest BCUT2D eigenvalue weighted by atomic mass is 10.2. The molecule has 1 saturated heterocycles. The molecular formula is C17H21ClN4O2. The molecule has 1 aliphatic rings. The number of piperazine rings is 1. The Morgan fingerprint density at radius 2 is 2.04 bits per heavy atom. The molecule has 1 amide bonds. The van der Waals surface area contributed by atoms with Crippen LogP contribution in [-0.4, -0.2) is 55.1 Å². The van der Waals surface area contributed by atoms with Crippen LogP contribution in [-0.2, 0) is 11.2 Å². The van der Waals surface area contributed by atoms with Crippen LogP contribution in [0.15, 0.2) is 34.9 Å². The number of hydrogen-bond donors (Lipinski definition) is 2. The highest BCUT2D eigenvalue weighted by Gasteiger charge is 2.12. The molecule has 6 nitrogen and oxygen atoms in total. The molecule has 0 saturated carbocycles. The van der Waals surface area contributed by atoms with E-state index in [9.17, 15) is 4.79 Å². The van der Waals surface area contributed by atoms with Crippen LogP contribution < -0.4 is 10.6 Å². The molecule has 1 aromatic heterocycles. The quantitative estimate of drug-likeness (QED) is 0.829. The minimum atomic E-state index is -0.0407. The predicted molar refractivity (Wildman–Crippen MR) is 93.0 cm³/mol. The first kappa shape index (κ1) is 17.0. The molecule has 3 rings (SSSR count). The van der Waals surface area contributed by atoms with Crippen LogP contribution in [0.5, 0.6) is 0 Å². The van der Waals surface area contributed by atoms with Gasteiger partial charge in [0.1, 0.15) is 6.26 Å². The summed E-state index contributed by atoms with van der Waals surface area (Å²) < 4.78 is 5.44. The Kier molecular flexibility index (Phi) is 5.85. The fourth-order valence-electron chi connectivity index (χ4n) is 2.63. The van der Waals surface area contributed by atoms with E-state index in [1.54, 1.807) is 12.1 Å². The Labute approximate surface area is 146 Å². The molecule has 2 heterocycles. The lowest BCUT2D eigenvalue weighted by Gasteiger charge is -2.27. The van der Waals surface area contributed by atoms with E-state index < -0.39 is 0 Å². The van der Waals surface area contributed by atoms with Gasteiger partial charge in [0.25, 0.3) is 0 Å². The molecule has 0 bridgehead atoms. The summed E-state index contributed by atoms with van der Waals surface area (Å²) in [6.07, 6.45) is 1.75. The average molecular weight is 349 g/mol. The number of carbonyl (C=O) groups excluding carboxylic acids is 1. The van der Waals surface area contributed by atoms with Crippen molar-refractivity contribution in [3.05, 3.63) is 41.2 Å². The summed E-state index contributed by atoms with van der Waals surface area (Å²) in [7, 11) is 0. The summed E-state index contributed by atoms with van der Waals surface area (Å²) in [6, 6.07) is 7.24. The smallest absolute Gasteiger partial charge is 0.226 e. The van der Waals surface area contributed by atoms with Gasteiger partial charge < -0.3 is 15.1 Å². The van der Waals surface area contributed by atoms with E-state index in [0.717, 1.165) is 38.3 Å². The Hall–Kier alpha value is -1.89. The topological polar surface area (TPSA) is 70.4 Å².